The van der Waals surface area contributed by atoms with Crippen molar-refractivity contribution in [3.63, 3.8) is 0 Å². The number of aromatic nitrogens is 3. The van der Waals surface area contributed by atoms with Crippen molar-refractivity contribution < 1.29 is 0 Å². The molecule has 1 saturated heterocycles. The maximum Gasteiger partial charge on any atom is 0.191 e. The second-order valence-electron chi connectivity index (χ2n) is 8.38. The quantitative estimate of drug-likeness (QED) is 0.148. The van der Waals surface area contributed by atoms with Crippen LogP contribution in [0.4, 0.5) is 5.69 Å². The van der Waals surface area contributed by atoms with Crippen LogP contribution in [-0.4, -0.2) is 59.2 Å². The van der Waals surface area contributed by atoms with E-state index in [2.05, 4.69) is 87.7 Å². The van der Waals surface area contributed by atoms with Crippen LogP contribution in [0, 0.1) is 5.92 Å². The van der Waals surface area contributed by atoms with Crippen LogP contribution in [0.1, 0.15) is 39.4 Å². The van der Waals surface area contributed by atoms with Crippen LogP contribution in [0.25, 0.3) is 0 Å². The summed E-state index contributed by atoms with van der Waals surface area (Å²) in [4.78, 5) is 7.26. The minimum Gasteiger partial charge on any atom is -0.369 e. The fourth-order valence-electron chi connectivity index (χ4n) is 3.90. The minimum absolute atomic E-state index is 0. The van der Waals surface area contributed by atoms with Crippen molar-refractivity contribution in [2.45, 2.75) is 57.8 Å². The lowest BCUT2D eigenvalue weighted by Gasteiger charge is -2.20. The largest absolute Gasteiger partial charge is 0.369 e. The zero-order valence-corrected chi connectivity index (χ0v) is 22.9. The van der Waals surface area contributed by atoms with Crippen molar-refractivity contribution in [1.82, 2.24) is 25.4 Å². The molecule has 0 radical (unpaired) electrons. The third-order valence-corrected chi connectivity index (χ3v) is 6.01. The predicted molar refractivity (Wildman–Crippen MR) is 147 cm³/mol. The number of benzene rings is 1. The van der Waals surface area contributed by atoms with Crippen LogP contribution in [0.15, 0.2) is 40.5 Å². The molecule has 2 aromatic rings. The Balaban J connectivity index is 0.00000363. The van der Waals surface area contributed by atoms with Crippen LogP contribution >= 0.6 is 35.7 Å². The Bertz CT molecular complexity index is 825. The van der Waals surface area contributed by atoms with Gasteiger partial charge in [0.1, 0.15) is 5.82 Å². The zero-order valence-electron chi connectivity index (χ0n) is 19.8. The highest BCUT2D eigenvalue weighted by Gasteiger charge is 2.23. The van der Waals surface area contributed by atoms with Crippen LogP contribution in [-0.2, 0) is 13.0 Å². The summed E-state index contributed by atoms with van der Waals surface area (Å²) in [6.07, 6.45) is 5.04. The molecule has 178 valence electrons. The fourth-order valence-corrected chi connectivity index (χ4v) is 4.42. The fraction of sp³-hybridized carbons (Fsp3) is 0.609. The molecule has 1 aliphatic rings. The third kappa shape index (κ3) is 7.83. The molecule has 3 rings (SSSR count). The number of anilines is 1. The van der Waals surface area contributed by atoms with E-state index in [4.69, 9.17) is 4.99 Å². The van der Waals surface area contributed by atoms with Crippen LogP contribution < -0.4 is 15.5 Å². The zero-order chi connectivity index (χ0) is 22.1. The Morgan fingerprint density at radius 2 is 2.03 bits per heavy atom. The van der Waals surface area contributed by atoms with E-state index in [9.17, 15) is 0 Å². The number of hydrogen-bond acceptors (Lipinski definition) is 5. The number of rotatable bonds is 10. The molecule has 32 heavy (non-hydrogen) atoms. The molecule has 1 unspecified atom stereocenters. The molecule has 0 saturated carbocycles. The number of halogens is 1. The van der Waals surface area contributed by atoms with Crippen molar-refractivity contribution in [2.24, 2.45) is 10.9 Å². The second kappa shape index (κ2) is 13.9. The van der Waals surface area contributed by atoms with E-state index in [0.29, 0.717) is 12.0 Å². The lowest BCUT2D eigenvalue weighted by atomic mass is 10.2. The van der Waals surface area contributed by atoms with Crippen LogP contribution in [0.2, 0.25) is 0 Å². The first kappa shape index (κ1) is 26.8. The van der Waals surface area contributed by atoms with E-state index < -0.39 is 0 Å². The highest BCUT2D eigenvalue weighted by Crippen LogP contribution is 2.20. The van der Waals surface area contributed by atoms with Gasteiger partial charge in [0, 0.05) is 50.9 Å². The number of para-hydroxylation sites is 1. The number of guanidine groups is 1. The maximum absolute atomic E-state index is 4.82. The highest BCUT2D eigenvalue weighted by atomic mass is 127. The number of thioether (sulfide) groups is 1. The van der Waals surface area contributed by atoms with Gasteiger partial charge in [0.25, 0.3) is 0 Å². The molecule has 1 aliphatic heterocycles. The monoisotopic (exact) mass is 571 g/mol. The van der Waals surface area contributed by atoms with Gasteiger partial charge in [0.15, 0.2) is 11.1 Å². The summed E-state index contributed by atoms with van der Waals surface area (Å²) in [6.45, 7) is 11.2. The van der Waals surface area contributed by atoms with Gasteiger partial charge in [0.05, 0.1) is 0 Å². The molecule has 0 aliphatic carbocycles. The summed E-state index contributed by atoms with van der Waals surface area (Å²) < 4.78 is 2.26. The molecule has 2 N–H and O–H groups in total. The summed E-state index contributed by atoms with van der Waals surface area (Å²) >= 11 is 1.66. The van der Waals surface area contributed by atoms with E-state index in [-0.39, 0.29) is 24.0 Å². The number of hydrogen-bond donors (Lipinski definition) is 2. The maximum atomic E-state index is 4.82. The van der Waals surface area contributed by atoms with Gasteiger partial charge >= 0.3 is 0 Å². The van der Waals surface area contributed by atoms with E-state index in [1.165, 1.54) is 5.69 Å². The SMILES string of the molecule is CCNC(=NCCCc1nnc(SC)n1CC(C)C)NC1CCN(c2ccccc2)C1.I. The summed E-state index contributed by atoms with van der Waals surface area (Å²) in [6, 6.07) is 11.1. The molecule has 0 spiro atoms. The van der Waals surface area contributed by atoms with Gasteiger partial charge in [-0.25, -0.2) is 0 Å². The predicted octanol–water partition coefficient (Wildman–Crippen LogP) is 4.04. The standard InChI is InChI=1S/C23H37N7S.HI/c1-5-24-22(26-19-13-15-29(17-19)20-10-7-6-8-11-20)25-14-9-12-21-27-28-23(31-4)30(21)16-18(2)3;/h6-8,10-11,18-19H,5,9,12-17H2,1-4H3,(H2,24,25,26);1H. The van der Waals surface area contributed by atoms with E-state index in [1.807, 2.05) is 0 Å². The van der Waals surface area contributed by atoms with Crippen molar-refractivity contribution in [3.8, 4) is 0 Å². The van der Waals surface area contributed by atoms with Crippen molar-refractivity contribution >= 4 is 47.4 Å². The second-order valence-corrected chi connectivity index (χ2v) is 9.16. The molecule has 1 fully saturated rings. The van der Waals surface area contributed by atoms with Gasteiger partial charge in [0.2, 0.25) is 0 Å². The summed E-state index contributed by atoms with van der Waals surface area (Å²) in [5.41, 5.74) is 1.30. The van der Waals surface area contributed by atoms with Gasteiger partial charge in [-0.15, -0.1) is 34.2 Å². The molecular formula is C23H38IN7S. The number of nitrogens with one attached hydrogen (secondary N) is 2. The Labute approximate surface area is 214 Å². The van der Waals surface area contributed by atoms with Gasteiger partial charge in [-0.1, -0.05) is 43.8 Å². The molecule has 0 amide bonds. The summed E-state index contributed by atoms with van der Waals surface area (Å²) in [7, 11) is 0. The van der Waals surface area contributed by atoms with Gasteiger partial charge < -0.3 is 20.1 Å². The van der Waals surface area contributed by atoms with E-state index in [0.717, 1.165) is 68.9 Å². The Morgan fingerprint density at radius 1 is 1.25 bits per heavy atom. The van der Waals surface area contributed by atoms with Gasteiger partial charge in [-0.3, -0.25) is 4.99 Å². The van der Waals surface area contributed by atoms with Crippen LogP contribution in [0.5, 0.6) is 0 Å². The Hall–Kier alpha value is -1.49. The molecule has 9 heteroatoms. The summed E-state index contributed by atoms with van der Waals surface area (Å²) in [5.74, 6) is 2.56. The minimum atomic E-state index is 0. The van der Waals surface area contributed by atoms with E-state index in [1.54, 1.807) is 11.8 Å². The smallest absolute Gasteiger partial charge is 0.191 e. The van der Waals surface area contributed by atoms with Crippen LogP contribution in [0.3, 0.4) is 0 Å². The molecule has 7 nitrogen and oxygen atoms in total. The third-order valence-electron chi connectivity index (χ3n) is 5.35. The van der Waals surface area contributed by atoms with Crippen molar-refractivity contribution in [2.75, 3.05) is 37.3 Å². The number of nitrogens with zero attached hydrogens (tertiary/aromatic N) is 5. The number of aliphatic imine (C=N–C) groups is 1. The normalized spacial score (nSPS) is 16.3. The molecule has 0 bridgehead atoms. The lowest BCUT2D eigenvalue weighted by molar-refractivity contribution is 0.477. The first-order valence-corrected chi connectivity index (χ1v) is 12.6. The molecule has 1 aromatic carbocycles. The van der Waals surface area contributed by atoms with Gasteiger partial charge in [-0.2, -0.15) is 0 Å². The van der Waals surface area contributed by atoms with Crippen molar-refractivity contribution in [1.29, 1.82) is 0 Å². The van der Waals surface area contributed by atoms with Crippen molar-refractivity contribution in [3.05, 3.63) is 36.2 Å². The first-order chi connectivity index (χ1) is 15.1. The molecule has 1 atom stereocenters. The molecular weight excluding hydrogens is 533 g/mol. The Morgan fingerprint density at radius 3 is 2.72 bits per heavy atom. The highest BCUT2D eigenvalue weighted by molar-refractivity contribution is 14.0. The number of aryl methyl sites for hydroxylation is 1. The van der Waals surface area contributed by atoms with E-state index >= 15 is 0 Å². The topological polar surface area (TPSA) is 70.4 Å². The van der Waals surface area contributed by atoms with Gasteiger partial charge in [-0.05, 0) is 44.1 Å². The molecule has 1 aromatic heterocycles. The molecule has 2 heterocycles. The first-order valence-electron chi connectivity index (χ1n) is 11.4. The summed E-state index contributed by atoms with van der Waals surface area (Å²) in [5, 5.41) is 16.8. The lowest BCUT2D eigenvalue weighted by Crippen LogP contribution is -2.44. The average molecular weight is 572 g/mol. The Kier molecular flexibility index (Phi) is 11.6. The average Bonchev–Trinajstić information content (AvgIpc) is 3.38.